The van der Waals surface area contributed by atoms with Crippen LogP contribution in [0.15, 0.2) is 22.7 Å². The van der Waals surface area contributed by atoms with E-state index in [1.165, 1.54) is 18.9 Å². The molecule has 112 valence electrons. The van der Waals surface area contributed by atoms with Crippen LogP contribution in [0.1, 0.15) is 38.2 Å². The zero-order chi connectivity index (χ0) is 14.4. The van der Waals surface area contributed by atoms with Crippen LogP contribution < -0.4 is 5.32 Å². The average molecular weight is 344 g/mol. The van der Waals surface area contributed by atoms with Gasteiger partial charge in [-0.3, -0.25) is 0 Å². The van der Waals surface area contributed by atoms with Crippen molar-refractivity contribution in [3.05, 3.63) is 34.1 Å². The van der Waals surface area contributed by atoms with Gasteiger partial charge in [-0.15, -0.1) is 0 Å². The Morgan fingerprint density at radius 3 is 3.05 bits per heavy atom. The summed E-state index contributed by atoms with van der Waals surface area (Å²) in [6, 6.07) is 5.28. The largest absolute Gasteiger partial charge is 0.378 e. The van der Waals surface area contributed by atoms with Gasteiger partial charge in [0.15, 0.2) is 0 Å². The van der Waals surface area contributed by atoms with Crippen LogP contribution in [0.25, 0.3) is 0 Å². The van der Waals surface area contributed by atoms with E-state index < -0.39 is 0 Å². The molecule has 0 aromatic heterocycles. The van der Waals surface area contributed by atoms with Gasteiger partial charge in [0.2, 0.25) is 0 Å². The van der Waals surface area contributed by atoms with Crippen molar-refractivity contribution in [3.63, 3.8) is 0 Å². The molecule has 20 heavy (non-hydrogen) atoms. The van der Waals surface area contributed by atoms with E-state index in [9.17, 15) is 4.39 Å². The van der Waals surface area contributed by atoms with Gasteiger partial charge in [0.25, 0.3) is 0 Å². The van der Waals surface area contributed by atoms with E-state index in [4.69, 9.17) is 4.74 Å². The molecule has 1 aromatic carbocycles. The van der Waals surface area contributed by atoms with Crippen molar-refractivity contribution in [3.8, 4) is 0 Å². The SMILES string of the molecule is CCNC(CCC1CCCO1)Cc1cc(F)ccc1Br. The minimum atomic E-state index is -0.169. The molecule has 1 aromatic rings. The van der Waals surface area contributed by atoms with Crippen LogP contribution in [0, 0.1) is 5.82 Å². The Bertz CT molecular complexity index is 421. The molecule has 1 N–H and O–H groups in total. The van der Waals surface area contributed by atoms with Crippen molar-refractivity contribution in [2.45, 2.75) is 51.2 Å². The van der Waals surface area contributed by atoms with Crippen LogP contribution in [0.5, 0.6) is 0 Å². The Kier molecular flexibility index (Phi) is 6.46. The lowest BCUT2D eigenvalue weighted by molar-refractivity contribution is 0.0996. The summed E-state index contributed by atoms with van der Waals surface area (Å²) in [6.07, 6.45) is 5.80. The van der Waals surface area contributed by atoms with Crippen molar-refractivity contribution in [2.24, 2.45) is 0 Å². The lowest BCUT2D eigenvalue weighted by Crippen LogP contribution is -2.32. The summed E-state index contributed by atoms with van der Waals surface area (Å²) >= 11 is 3.51. The number of benzene rings is 1. The first kappa shape index (κ1) is 15.9. The van der Waals surface area contributed by atoms with Crippen molar-refractivity contribution in [2.75, 3.05) is 13.2 Å². The molecule has 1 aliphatic rings. The van der Waals surface area contributed by atoms with E-state index in [2.05, 4.69) is 28.2 Å². The molecule has 2 rings (SSSR count). The summed E-state index contributed by atoms with van der Waals surface area (Å²) < 4.78 is 20.0. The molecule has 0 bridgehead atoms. The number of likely N-dealkylation sites (N-methyl/N-ethyl adjacent to an activating group) is 1. The zero-order valence-electron chi connectivity index (χ0n) is 12.0. The second-order valence-electron chi connectivity index (χ2n) is 5.41. The highest BCUT2D eigenvalue weighted by Crippen LogP contribution is 2.22. The third-order valence-electron chi connectivity index (χ3n) is 3.83. The predicted molar refractivity (Wildman–Crippen MR) is 83.5 cm³/mol. The fourth-order valence-electron chi connectivity index (χ4n) is 2.79. The molecule has 0 amide bonds. The van der Waals surface area contributed by atoms with Crippen LogP contribution >= 0.6 is 15.9 Å². The Morgan fingerprint density at radius 2 is 2.35 bits per heavy atom. The molecule has 0 aliphatic carbocycles. The van der Waals surface area contributed by atoms with Crippen LogP contribution in [0.2, 0.25) is 0 Å². The molecule has 2 unspecified atom stereocenters. The second kappa shape index (κ2) is 8.11. The summed E-state index contributed by atoms with van der Waals surface area (Å²) in [5.41, 5.74) is 1.03. The van der Waals surface area contributed by atoms with E-state index in [0.717, 1.165) is 42.5 Å². The van der Waals surface area contributed by atoms with Crippen LogP contribution in [-0.4, -0.2) is 25.3 Å². The van der Waals surface area contributed by atoms with Crippen molar-refractivity contribution >= 4 is 15.9 Å². The first-order valence-corrected chi connectivity index (χ1v) is 8.27. The van der Waals surface area contributed by atoms with Crippen LogP contribution in [0.4, 0.5) is 4.39 Å². The topological polar surface area (TPSA) is 21.3 Å². The predicted octanol–water partition coefficient (Wildman–Crippen LogP) is 4.07. The molecule has 0 saturated carbocycles. The fourth-order valence-corrected chi connectivity index (χ4v) is 3.20. The smallest absolute Gasteiger partial charge is 0.123 e. The van der Waals surface area contributed by atoms with E-state index in [1.807, 2.05) is 0 Å². The Hall–Kier alpha value is -0.450. The van der Waals surface area contributed by atoms with Gasteiger partial charge in [-0.1, -0.05) is 22.9 Å². The minimum Gasteiger partial charge on any atom is -0.378 e. The summed E-state index contributed by atoms with van der Waals surface area (Å²) in [6.45, 7) is 3.95. The van der Waals surface area contributed by atoms with Gasteiger partial charge in [0.1, 0.15) is 5.82 Å². The van der Waals surface area contributed by atoms with E-state index in [1.54, 1.807) is 12.1 Å². The summed E-state index contributed by atoms with van der Waals surface area (Å²) in [5, 5.41) is 3.50. The number of hydrogen-bond donors (Lipinski definition) is 1. The Balaban J connectivity index is 1.91. The molecule has 0 radical (unpaired) electrons. The molecule has 1 aliphatic heterocycles. The lowest BCUT2D eigenvalue weighted by atomic mass is 9.99. The van der Waals surface area contributed by atoms with Gasteiger partial charge in [0, 0.05) is 17.1 Å². The highest BCUT2D eigenvalue weighted by Gasteiger charge is 2.18. The van der Waals surface area contributed by atoms with E-state index >= 15 is 0 Å². The normalized spacial score (nSPS) is 20.2. The van der Waals surface area contributed by atoms with Crippen molar-refractivity contribution in [1.82, 2.24) is 5.32 Å². The molecule has 1 saturated heterocycles. The number of hydrogen-bond acceptors (Lipinski definition) is 2. The van der Waals surface area contributed by atoms with Crippen molar-refractivity contribution < 1.29 is 9.13 Å². The van der Waals surface area contributed by atoms with E-state index in [-0.39, 0.29) is 5.82 Å². The van der Waals surface area contributed by atoms with Gasteiger partial charge >= 0.3 is 0 Å². The van der Waals surface area contributed by atoms with Gasteiger partial charge in [-0.2, -0.15) is 0 Å². The minimum absolute atomic E-state index is 0.169. The fraction of sp³-hybridized carbons (Fsp3) is 0.625. The molecular formula is C16H23BrFNO. The first-order valence-electron chi connectivity index (χ1n) is 7.48. The number of nitrogens with one attached hydrogen (secondary N) is 1. The third kappa shape index (κ3) is 4.83. The highest BCUT2D eigenvalue weighted by molar-refractivity contribution is 9.10. The number of halogens is 2. The molecule has 1 fully saturated rings. The standard InChI is InChI=1S/C16H23BrFNO/c1-2-19-14(6-7-15-4-3-9-20-15)11-12-10-13(18)5-8-16(12)17/h5,8,10,14-15,19H,2-4,6-7,9,11H2,1H3. The maximum Gasteiger partial charge on any atom is 0.123 e. The van der Waals surface area contributed by atoms with Gasteiger partial charge < -0.3 is 10.1 Å². The number of rotatable bonds is 7. The van der Waals surface area contributed by atoms with Crippen LogP contribution in [-0.2, 0) is 11.2 Å². The van der Waals surface area contributed by atoms with Crippen LogP contribution in [0.3, 0.4) is 0 Å². The average Bonchev–Trinajstić information content (AvgIpc) is 2.93. The Labute approximate surface area is 129 Å². The Morgan fingerprint density at radius 1 is 1.50 bits per heavy atom. The molecule has 4 heteroatoms. The van der Waals surface area contributed by atoms with Gasteiger partial charge in [-0.25, -0.2) is 4.39 Å². The quantitative estimate of drug-likeness (QED) is 0.805. The van der Waals surface area contributed by atoms with Gasteiger partial charge in [0.05, 0.1) is 6.10 Å². The maximum absolute atomic E-state index is 13.4. The van der Waals surface area contributed by atoms with E-state index in [0.29, 0.717) is 12.1 Å². The zero-order valence-corrected chi connectivity index (χ0v) is 13.6. The first-order chi connectivity index (χ1) is 9.69. The summed E-state index contributed by atoms with van der Waals surface area (Å²) in [7, 11) is 0. The third-order valence-corrected chi connectivity index (χ3v) is 4.60. The molecular weight excluding hydrogens is 321 g/mol. The maximum atomic E-state index is 13.4. The molecule has 0 spiro atoms. The van der Waals surface area contributed by atoms with Crippen molar-refractivity contribution in [1.29, 1.82) is 0 Å². The monoisotopic (exact) mass is 343 g/mol. The second-order valence-corrected chi connectivity index (χ2v) is 6.26. The van der Waals surface area contributed by atoms with Gasteiger partial charge in [-0.05, 0) is 62.4 Å². The lowest BCUT2D eigenvalue weighted by Gasteiger charge is -2.20. The molecule has 2 nitrogen and oxygen atoms in total. The number of ether oxygens (including phenoxy) is 1. The summed E-state index contributed by atoms with van der Waals surface area (Å²) in [5.74, 6) is -0.169. The molecule has 2 atom stereocenters. The summed E-state index contributed by atoms with van der Waals surface area (Å²) in [4.78, 5) is 0. The molecule has 1 heterocycles. The highest BCUT2D eigenvalue weighted by atomic mass is 79.9.